The second-order valence-corrected chi connectivity index (χ2v) is 7.33. The molecule has 2 heterocycles. The highest BCUT2D eigenvalue weighted by Gasteiger charge is 2.36. The fourth-order valence-corrected chi connectivity index (χ4v) is 3.84. The summed E-state index contributed by atoms with van der Waals surface area (Å²) >= 11 is 0. The Balaban J connectivity index is 1.64. The number of benzene rings is 1. The van der Waals surface area contributed by atoms with Gasteiger partial charge in [-0.25, -0.2) is 0 Å². The maximum Gasteiger partial charge on any atom is 0.272 e. The molecule has 0 unspecified atom stereocenters. The molecule has 1 aromatic carbocycles. The third kappa shape index (κ3) is 3.32. The lowest BCUT2D eigenvalue weighted by Gasteiger charge is -2.38. The number of H-pyrrole nitrogens is 1. The molecule has 1 saturated carbocycles. The summed E-state index contributed by atoms with van der Waals surface area (Å²) in [5.74, 6) is -0.000181. The van der Waals surface area contributed by atoms with Crippen LogP contribution in [0.3, 0.4) is 0 Å². The number of carbonyl (C=O) groups is 1. The van der Waals surface area contributed by atoms with Crippen LogP contribution in [-0.4, -0.2) is 32.3 Å². The predicted octanol–water partition coefficient (Wildman–Crippen LogP) is 3.07. The number of fused-ring (bicyclic) bond motifs is 1. The summed E-state index contributed by atoms with van der Waals surface area (Å²) in [4.78, 5) is 17.4. The summed E-state index contributed by atoms with van der Waals surface area (Å²) in [5.41, 5.74) is 4.19. The van der Waals surface area contributed by atoms with Crippen molar-refractivity contribution in [2.75, 3.05) is 0 Å². The van der Waals surface area contributed by atoms with Crippen LogP contribution in [0.5, 0.6) is 0 Å². The van der Waals surface area contributed by atoms with Gasteiger partial charge in [0.2, 0.25) is 0 Å². The van der Waals surface area contributed by atoms with Gasteiger partial charge in [0, 0.05) is 22.8 Å². The highest BCUT2D eigenvalue weighted by Crippen LogP contribution is 2.38. The van der Waals surface area contributed by atoms with E-state index in [1.165, 1.54) is 0 Å². The lowest BCUT2D eigenvalue weighted by Crippen LogP contribution is -2.41. The third-order valence-electron chi connectivity index (χ3n) is 5.56. The van der Waals surface area contributed by atoms with Crippen LogP contribution in [0.2, 0.25) is 0 Å². The molecule has 3 N–H and O–H groups in total. The van der Waals surface area contributed by atoms with Crippen molar-refractivity contribution in [3.63, 3.8) is 0 Å². The van der Waals surface area contributed by atoms with Crippen LogP contribution in [0, 0.1) is 12.8 Å². The van der Waals surface area contributed by atoms with E-state index in [0.29, 0.717) is 18.5 Å². The Labute approximate surface area is 158 Å². The molecule has 1 fully saturated rings. The Morgan fingerprint density at radius 3 is 2.85 bits per heavy atom. The van der Waals surface area contributed by atoms with Crippen molar-refractivity contribution in [2.45, 2.75) is 45.3 Å². The number of nitrogens with one attached hydrogen (secondary N) is 2. The van der Waals surface area contributed by atoms with Crippen molar-refractivity contribution in [2.24, 2.45) is 5.92 Å². The van der Waals surface area contributed by atoms with Crippen molar-refractivity contribution in [3.05, 3.63) is 59.0 Å². The van der Waals surface area contributed by atoms with E-state index >= 15 is 0 Å². The number of rotatable bonds is 5. The topological polar surface area (TPSA) is 90.9 Å². The van der Waals surface area contributed by atoms with Crippen LogP contribution >= 0.6 is 0 Å². The van der Waals surface area contributed by atoms with Gasteiger partial charge in [0.1, 0.15) is 0 Å². The summed E-state index contributed by atoms with van der Waals surface area (Å²) < 4.78 is 0. The first-order valence-electron chi connectivity index (χ1n) is 9.44. The second-order valence-electron chi connectivity index (χ2n) is 7.33. The predicted molar refractivity (Wildman–Crippen MR) is 103 cm³/mol. The summed E-state index contributed by atoms with van der Waals surface area (Å²) in [5, 5.41) is 21.1. The Morgan fingerprint density at radius 1 is 1.37 bits per heavy atom. The molecule has 0 radical (unpaired) electrons. The molecule has 1 atom stereocenters. The van der Waals surface area contributed by atoms with Crippen molar-refractivity contribution >= 4 is 16.8 Å². The Bertz CT molecular complexity index is 975. The van der Waals surface area contributed by atoms with Gasteiger partial charge in [-0.15, -0.1) is 0 Å². The van der Waals surface area contributed by atoms with Crippen molar-refractivity contribution in [1.82, 2.24) is 20.5 Å². The van der Waals surface area contributed by atoms with E-state index in [1.807, 2.05) is 44.3 Å². The molecular weight excluding hydrogens is 340 g/mol. The first-order valence-corrected chi connectivity index (χ1v) is 9.44. The molecule has 1 aliphatic carbocycles. The molecule has 6 nitrogen and oxygen atoms in total. The summed E-state index contributed by atoms with van der Waals surface area (Å²) in [7, 11) is 0. The van der Waals surface area contributed by atoms with Crippen molar-refractivity contribution in [3.8, 4) is 0 Å². The number of hydrogen-bond donors (Lipinski definition) is 3. The molecule has 0 aliphatic heterocycles. The minimum atomic E-state index is -0.290. The fourth-order valence-electron chi connectivity index (χ4n) is 3.84. The number of carbonyl (C=O) groups excluding carboxylic acids is 1. The highest BCUT2D eigenvalue weighted by molar-refractivity contribution is 5.94. The first-order chi connectivity index (χ1) is 13.1. The van der Waals surface area contributed by atoms with Crippen LogP contribution in [0.4, 0.5) is 0 Å². The van der Waals surface area contributed by atoms with Crippen LogP contribution in [0.1, 0.15) is 53.1 Å². The zero-order valence-electron chi connectivity index (χ0n) is 15.6. The number of aliphatic hydroxyl groups excluding tert-OH is 1. The van der Waals surface area contributed by atoms with Crippen LogP contribution in [0.15, 0.2) is 36.5 Å². The van der Waals surface area contributed by atoms with Gasteiger partial charge in [-0.05, 0) is 49.8 Å². The lowest BCUT2D eigenvalue weighted by atomic mass is 9.75. The summed E-state index contributed by atoms with van der Waals surface area (Å²) in [6.45, 7) is 3.94. The van der Waals surface area contributed by atoms with Crippen LogP contribution < -0.4 is 5.32 Å². The molecule has 3 aromatic rings. The minimum Gasteiger partial charge on any atom is -0.393 e. The SMILES string of the molecule is CCc1[nH]nc(C(=O)N[C@@H](c2cnc3ccccc3c2)C2CC(O)C2)c1C. The highest BCUT2D eigenvalue weighted by atomic mass is 16.3. The van der Waals surface area contributed by atoms with Gasteiger partial charge in [0.15, 0.2) is 5.69 Å². The normalized spacial score (nSPS) is 20.3. The van der Waals surface area contributed by atoms with Crippen LogP contribution in [0.25, 0.3) is 10.9 Å². The van der Waals surface area contributed by atoms with Crippen molar-refractivity contribution < 1.29 is 9.90 Å². The molecule has 0 bridgehead atoms. The zero-order chi connectivity index (χ0) is 19.0. The van der Waals surface area contributed by atoms with Gasteiger partial charge < -0.3 is 10.4 Å². The van der Waals surface area contributed by atoms with Gasteiger partial charge >= 0.3 is 0 Å². The average molecular weight is 364 g/mol. The van der Waals surface area contributed by atoms with E-state index in [1.54, 1.807) is 0 Å². The molecule has 1 amide bonds. The maximum atomic E-state index is 12.9. The minimum absolute atomic E-state index is 0.191. The van der Waals surface area contributed by atoms with E-state index in [4.69, 9.17) is 0 Å². The van der Waals surface area contributed by atoms with Gasteiger partial charge in [-0.1, -0.05) is 25.1 Å². The number of nitrogens with zero attached hydrogens (tertiary/aromatic N) is 2. The van der Waals surface area contributed by atoms with E-state index in [0.717, 1.165) is 34.1 Å². The number of amides is 1. The first kappa shape index (κ1) is 17.7. The fraction of sp³-hybridized carbons (Fsp3) is 0.381. The second kappa shape index (κ2) is 7.12. The van der Waals surface area contributed by atoms with Gasteiger partial charge in [-0.3, -0.25) is 14.9 Å². The Morgan fingerprint density at radius 2 is 2.15 bits per heavy atom. The van der Waals surface area contributed by atoms with E-state index in [-0.39, 0.29) is 24.0 Å². The van der Waals surface area contributed by atoms with Gasteiger partial charge in [0.05, 0.1) is 17.7 Å². The maximum absolute atomic E-state index is 12.9. The monoisotopic (exact) mass is 364 g/mol. The number of hydrogen-bond acceptors (Lipinski definition) is 4. The van der Waals surface area contributed by atoms with Crippen LogP contribution in [-0.2, 0) is 6.42 Å². The lowest BCUT2D eigenvalue weighted by molar-refractivity contribution is 0.0234. The number of aliphatic hydroxyl groups is 1. The Kier molecular flexibility index (Phi) is 4.66. The van der Waals surface area contributed by atoms with E-state index in [9.17, 15) is 9.90 Å². The van der Waals surface area contributed by atoms with Gasteiger partial charge in [-0.2, -0.15) is 5.10 Å². The summed E-state index contributed by atoms with van der Waals surface area (Å²) in [6.07, 6.45) is 3.70. The summed E-state index contributed by atoms with van der Waals surface area (Å²) in [6, 6.07) is 9.81. The molecule has 140 valence electrons. The molecule has 6 heteroatoms. The smallest absolute Gasteiger partial charge is 0.272 e. The average Bonchev–Trinajstić information content (AvgIpc) is 3.04. The molecule has 0 saturated heterocycles. The zero-order valence-corrected chi connectivity index (χ0v) is 15.6. The van der Waals surface area contributed by atoms with E-state index < -0.39 is 0 Å². The standard InChI is InChI=1S/C21H24N4O2/c1-3-17-12(2)19(25-24-17)21(27)23-20(14-9-16(26)10-14)15-8-13-6-4-5-7-18(13)22-11-15/h4-8,11,14,16,20,26H,3,9-10H2,1-2H3,(H,23,27)(H,24,25)/t14?,16?,20-/m1/s1. The molecule has 1 aliphatic rings. The molecule has 0 spiro atoms. The number of aryl methyl sites for hydroxylation is 1. The quantitative estimate of drug-likeness (QED) is 0.649. The molecule has 4 rings (SSSR count). The number of aromatic nitrogens is 3. The largest absolute Gasteiger partial charge is 0.393 e. The Hall–Kier alpha value is -2.73. The van der Waals surface area contributed by atoms with Gasteiger partial charge in [0.25, 0.3) is 5.91 Å². The molecule has 2 aromatic heterocycles. The third-order valence-corrected chi connectivity index (χ3v) is 5.56. The number of pyridine rings is 1. The molecule has 27 heavy (non-hydrogen) atoms. The number of para-hydroxylation sites is 1. The molecular formula is C21H24N4O2. The van der Waals surface area contributed by atoms with E-state index in [2.05, 4.69) is 26.6 Å². The number of aromatic amines is 1. The van der Waals surface area contributed by atoms with Crippen molar-refractivity contribution in [1.29, 1.82) is 0 Å².